The van der Waals surface area contributed by atoms with Crippen molar-refractivity contribution in [3.8, 4) is 0 Å². The predicted octanol–water partition coefficient (Wildman–Crippen LogP) is 1.40. The van der Waals surface area contributed by atoms with Crippen molar-refractivity contribution in [1.82, 2.24) is 0 Å². The average Bonchev–Trinajstić information content (AvgIpc) is 1.95. The Balaban J connectivity index is 0.00000121. The largest absolute Gasteiger partial charge is 0.480 e. The summed E-state index contributed by atoms with van der Waals surface area (Å²) in [7, 11) is 0. The van der Waals surface area contributed by atoms with E-state index in [0.717, 1.165) is 12.8 Å². The third-order valence-electron chi connectivity index (χ3n) is 2.59. The van der Waals surface area contributed by atoms with Gasteiger partial charge >= 0.3 is 5.97 Å². The predicted molar refractivity (Wildman–Crippen MR) is 49.4 cm³/mol. The third kappa shape index (κ3) is 2.35. The highest BCUT2D eigenvalue weighted by atomic mass is 35.5. The van der Waals surface area contributed by atoms with Crippen molar-refractivity contribution in [2.24, 2.45) is 11.7 Å². The smallest absolute Gasteiger partial charge is 0.323 e. The van der Waals surface area contributed by atoms with E-state index in [-0.39, 0.29) is 12.4 Å². The zero-order valence-corrected chi connectivity index (χ0v) is 8.06. The van der Waals surface area contributed by atoms with Crippen LogP contribution in [0.1, 0.15) is 32.6 Å². The van der Waals surface area contributed by atoms with Gasteiger partial charge in [0.15, 0.2) is 0 Å². The lowest BCUT2D eigenvalue weighted by atomic mass is 9.78. The van der Waals surface area contributed by atoms with Crippen molar-refractivity contribution in [3.05, 3.63) is 0 Å². The van der Waals surface area contributed by atoms with E-state index in [1.165, 1.54) is 0 Å². The molecule has 3 N–H and O–H groups in total. The molecule has 0 unspecified atom stereocenters. The maximum Gasteiger partial charge on any atom is 0.323 e. The lowest BCUT2D eigenvalue weighted by Crippen LogP contribution is -2.50. The summed E-state index contributed by atoms with van der Waals surface area (Å²) in [5.74, 6) is -0.199. The molecule has 72 valence electrons. The molecule has 0 atom stereocenters. The second-order valence-corrected chi connectivity index (χ2v) is 3.64. The van der Waals surface area contributed by atoms with Crippen molar-refractivity contribution in [2.75, 3.05) is 0 Å². The number of halogens is 1. The molecular formula is C8H16ClNO2. The van der Waals surface area contributed by atoms with Gasteiger partial charge in [-0.25, -0.2) is 0 Å². The molecule has 0 aromatic heterocycles. The summed E-state index contributed by atoms with van der Waals surface area (Å²) in [6.07, 6.45) is 3.15. The number of rotatable bonds is 1. The number of carbonyl (C=O) groups is 1. The Bertz CT molecular complexity index is 164. The van der Waals surface area contributed by atoms with Gasteiger partial charge in [-0.1, -0.05) is 6.92 Å². The molecular weight excluding hydrogens is 178 g/mol. The van der Waals surface area contributed by atoms with E-state index in [1.807, 2.05) is 0 Å². The molecule has 1 aliphatic carbocycles. The van der Waals surface area contributed by atoms with Crippen molar-refractivity contribution in [3.63, 3.8) is 0 Å². The fourth-order valence-corrected chi connectivity index (χ4v) is 1.49. The molecule has 0 aliphatic heterocycles. The molecule has 0 heterocycles. The van der Waals surface area contributed by atoms with Gasteiger partial charge in [-0.05, 0) is 31.6 Å². The van der Waals surface area contributed by atoms with E-state index in [0.29, 0.717) is 18.8 Å². The van der Waals surface area contributed by atoms with Gasteiger partial charge in [-0.2, -0.15) is 0 Å². The molecule has 0 bridgehead atoms. The Morgan fingerprint density at radius 1 is 1.50 bits per heavy atom. The van der Waals surface area contributed by atoms with Crippen LogP contribution in [0, 0.1) is 5.92 Å². The maximum absolute atomic E-state index is 10.7. The normalized spacial score (nSPS) is 35.3. The highest BCUT2D eigenvalue weighted by Gasteiger charge is 2.36. The molecule has 0 aromatic carbocycles. The van der Waals surface area contributed by atoms with E-state index >= 15 is 0 Å². The van der Waals surface area contributed by atoms with Gasteiger partial charge in [0, 0.05) is 0 Å². The van der Waals surface area contributed by atoms with Gasteiger partial charge in [-0.15, -0.1) is 12.4 Å². The van der Waals surface area contributed by atoms with E-state index in [1.54, 1.807) is 0 Å². The van der Waals surface area contributed by atoms with Crippen molar-refractivity contribution in [1.29, 1.82) is 0 Å². The first-order valence-corrected chi connectivity index (χ1v) is 4.07. The first kappa shape index (κ1) is 11.7. The zero-order chi connectivity index (χ0) is 8.48. The Hall–Kier alpha value is -0.280. The minimum absolute atomic E-state index is 0. The molecule has 0 amide bonds. The topological polar surface area (TPSA) is 63.3 Å². The van der Waals surface area contributed by atoms with Crippen LogP contribution < -0.4 is 5.73 Å². The number of hydrogen-bond acceptors (Lipinski definition) is 2. The lowest BCUT2D eigenvalue weighted by molar-refractivity contribution is -0.144. The van der Waals surface area contributed by atoms with Crippen LogP contribution in [0.5, 0.6) is 0 Å². The summed E-state index contributed by atoms with van der Waals surface area (Å²) in [4.78, 5) is 10.7. The standard InChI is InChI=1S/C8H15NO2.ClH/c1-6-2-4-8(9,5-3-6)7(10)11;/h6H,2-5,9H2,1H3,(H,10,11);1H. The van der Waals surface area contributed by atoms with Gasteiger partial charge in [-0.3, -0.25) is 4.79 Å². The minimum Gasteiger partial charge on any atom is -0.480 e. The molecule has 4 heteroatoms. The minimum atomic E-state index is -0.924. The molecule has 0 saturated heterocycles. The van der Waals surface area contributed by atoms with Crippen LogP contribution in [-0.4, -0.2) is 16.6 Å². The van der Waals surface area contributed by atoms with Gasteiger partial charge < -0.3 is 10.8 Å². The molecule has 0 spiro atoms. The third-order valence-corrected chi connectivity index (χ3v) is 2.59. The van der Waals surface area contributed by atoms with Crippen LogP contribution in [0.15, 0.2) is 0 Å². The fourth-order valence-electron chi connectivity index (χ4n) is 1.49. The Morgan fingerprint density at radius 3 is 2.25 bits per heavy atom. The first-order chi connectivity index (χ1) is 5.04. The van der Waals surface area contributed by atoms with Crippen molar-refractivity contribution >= 4 is 18.4 Å². The fraction of sp³-hybridized carbons (Fsp3) is 0.875. The van der Waals surface area contributed by atoms with E-state index in [2.05, 4.69) is 6.92 Å². The summed E-state index contributed by atoms with van der Waals surface area (Å²) < 4.78 is 0. The molecule has 1 saturated carbocycles. The van der Waals surface area contributed by atoms with Crippen LogP contribution in [0.25, 0.3) is 0 Å². The maximum atomic E-state index is 10.7. The molecule has 0 aromatic rings. The number of carboxylic acids is 1. The van der Waals surface area contributed by atoms with Gasteiger partial charge in [0.25, 0.3) is 0 Å². The number of aliphatic carboxylic acids is 1. The average molecular weight is 194 g/mol. The number of hydrogen-bond donors (Lipinski definition) is 2. The quantitative estimate of drug-likeness (QED) is 0.662. The van der Waals surface area contributed by atoms with Gasteiger partial charge in [0.05, 0.1) is 0 Å². The Kier molecular flexibility index (Phi) is 4.00. The summed E-state index contributed by atoms with van der Waals surface area (Å²) in [6.45, 7) is 2.14. The van der Waals surface area contributed by atoms with Crippen LogP contribution in [0.4, 0.5) is 0 Å². The number of nitrogens with two attached hydrogens (primary N) is 1. The molecule has 1 fully saturated rings. The molecule has 0 radical (unpaired) electrons. The lowest BCUT2D eigenvalue weighted by Gasteiger charge is -2.31. The molecule has 12 heavy (non-hydrogen) atoms. The monoisotopic (exact) mass is 193 g/mol. The SMILES string of the molecule is CC1CCC(N)(C(=O)O)CC1.Cl. The summed E-state index contributed by atoms with van der Waals surface area (Å²) in [5, 5.41) is 8.76. The van der Waals surface area contributed by atoms with Gasteiger partial charge in [0.2, 0.25) is 0 Å². The second-order valence-electron chi connectivity index (χ2n) is 3.64. The Morgan fingerprint density at radius 2 is 1.92 bits per heavy atom. The summed E-state index contributed by atoms with van der Waals surface area (Å²) >= 11 is 0. The van der Waals surface area contributed by atoms with Crippen LogP contribution in [-0.2, 0) is 4.79 Å². The van der Waals surface area contributed by atoms with E-state index < -0.39 is 11.5 Å². The summed E-state index contributed by atoms with van der Waals surface area (Å²) in [5.41, 5.74) is 4.74. The highest BCUT2D eigenvalue weighted by molar-refractivity contribution is 5.85. The van der Waals surface area contributed by atoms with Crippen molar-refractivity contribution in [2.45, 2.75) is 38.1 Å². The molecule has 1 rings (SSSR count). The zero-order valence-electron chi connectivity index (χ0n) is 7.25. The van der Waals surface area contributed by atoms with Crippen LogP contribution in [0.3, 0.4) is 0 Å². The van der Waals surface area contributed by atoms with Crippen LogP contribution in [0.2, 0.25) is 0 Å². The van der Waals surface area contributed by atoms with E-state index in [9.17, 15) is 4.79 Å². The first-order valence-electron chi connectivity index (χ1n) is 4.07. The summed E-state index contributed by atoms with van der Waals surface area (Å²) in [6, 6.07) is 0. The van der Waals surface area contributed by atoms with Crippen LogP contribution >= 0.6 is 12.4 Å². The number of carboxylic acid groups (broad SMARTS) is 1. The molecule has 1 aliphatic rings. The Labute approximate surface area is 78.7 Å². The van der Waals surface area contributed by atoms with Gasteiger partial charge in [0.1, 0.15) is 5.54 Å². The van der Waals surface area contributed by atoms with Crippen molar-refractivity contribution < 1.29 is 9.90 Å². The second kappa shape index (κ2) is 4.10. The van der Waals surface area contributed by atoms with E-state index in [4.69, 9.17) is 10.8 Å². The molecule has 3 nitrogen and oxygen atoms in total. The highest BCUT2D eigenvalue weighted by Crippen LogP contribution is 2.29.